The van der Waals surface area contributed by atoms with Gasteiger partial charge in [0.15, 0.2) is 5.16 Å². The molecule has 1 rings (SSSR count). The van der Waals surface area contributed by atoms with E-state index in [9.17, 15) is 0 Å². The number of rotatable bonds is 4. The summed E-state index contributed by atoms with van der Waals surface area (Å²) in [6, 6.07) is 0. The number of nitrogens with two attached hydrogens (primary N) is 1. The number of hydrogen-bond donors (Lipinski definition) is 1. The van der Waals surface area contributed by atoms with Crippen LogP contribution in [0, 0.1) is 6.92 Å². The van der Waals surface area contributed by atoms with Gasteiger partial charge in [-0.25, -0.2) is 9.97 Å². The molecular formula is C9H15N3S. The maximum atomic E-state index is 5.45. The van der Waals surface area contributed by atoms with Crippen molar-refractivity contribution >= 4 is 11.8 Å². The van der Waals surface area contributed by atoms with Gasteiger partial charge in [0.05, 0.1) is 0 Å². The molecule has 13 heavy (non-hydrogen) atoms. The van der Waals surface area contributed by atoms with Gasteiger partial charge in [-0.05, 0) is 25.5 Å². The van der Waals surface area contributed by atoms with Crippen LogP contribution in [0.15, 0.2) is 17.6 Å². The SMILES string of the molecule is Cc1cnc(SC(C)CCN)nc1. The minimum Gasteiger partial charge on any atom is -0.330 e. The van der Waals surface area contributed by atoms with Crippen molar-refractivity contribution in [2.75, 3.05) is 6.54 Å². The van der Waals surface area contributed by atoms with Crippen LogP contribution in [0.1, 0.15) is 18.9 Å². The normalized spacial score (nSPS) is 12.8. The zero-order chi connectivity index (χ0) is 9.68. The molecular weight excluding hydrogens is 182 g/mol. The number of aromatic nitrogens is 2. The molecule has 0 bridgehead atoms. The summed E-state index contributed by atoms with van der Waals surface area (Å²) in [5.41, 5.74) is 6.55. The smallest absolute Gasteiger partial charge is 0.187 e. The first-order chi connectivity index (χ1) is 6.22. The van der Waals surface area contributed by atoms with E-state index in [-0.39, 0.29) is 0 Å². The fourth-order valence-corrected chi connectivity index (χ4v) is 1.76. The molecule has 0 aliphatic rings. The Bertz CT molecular complexity index is 248. The van der Waals surface area contributed by atoms with Gasteiger partial charge in [0, 0.05) is 17.6 Å². The Morgan fingerprint density at radius 1 is 1.46 bits per heavy atom. The van der Waals surface area contributed by atoms with Gasteiger partial charge in [-0.15, -0.1) is 0 Å². The molecule has 1 aromatic heterocycles. The Hall–Kier alpha value is -0.610. The van der Waals surface area contributed by atoms with Crippen LogP contribution in [0.25, 0.3) is 0 Å². The van der Waals surface area contributed by atoms with Crippen LogP contribution in [0.2, 0.25) is 0 Å². The first-order valence-corrected chi connectivity index (χ1v) is 5.25. The van der Waals surface area contributed by atoms with Crippen LogP contribution >= 0.6 is 11.8 Å². The van der Waals surface area contributed by atoms with E-state index in [2.05, 4.69) is 16.9 Å². The Balaban J connectivity index is 2.49. The summed E-state index contributed by atoms with van der Waals surface area (Å²) >= 11 is 1.67. The molecule has 0 radical (unpaired) electrons. The van der Waals surface area contributed by atoms with Gasteiger partial charge in [0.2, 0.25) is 0 Å². The van der Waals surface area contributed by atoms with Crippen molar-refractivity contribution in [1.82, 2.24) is 9.97 Å². The summed E-state index contributed by atoms with van der Waals surface area (Å²) in [5.74, 6) is 0. The maximum Gasteiger partial charge on any atom is 0.187 e. The minimum atomic E-state index is 0.493. The number of thioether (sulfide) groups is 1. The van der Waals surface area contributed by atoms with Crippen molar-refractivity contribution in [3.8, 4) is 0 Å². The number of hydrogen-bond acceptors (Lipinski definition) is 4. The molecule has 72 valence electrons. The Labute approximate surface area is 83.2 Å². The topological polar surface area (TPSA) is 51.8 Å². The first kappa shape index (κ1) is 10.5. The van der Waals surface area contributed by atoms with Gasteiger partial charge in [-0.1, -0.05) is 18.7 Å². The predicted molar refractivity (Wildman–Crippen MR) is 55.8 cm³/mol. The lowest BCUT2D eigenvalue weighted by atomic mass is 10.3. The van der Waals surface area contributed by atoms with Crippen LogP contribution in [0.5, 0.6) is 0 Å². The third-order valence-corrected chi connectivity index (χ3v) is 2.70. The highest BCUT2D eigenvalue weighted by Crippen LogP contribution is 2.20. The minimum absolute atomic E-state index is 0.493. The molecule has 0 aromatic carbocycles. The van der Waals surface area contributed by atoms with Crippen LogP contribution in [-0.2, 0) is 0 Å². The van der Waals surface area contributed by atoms with Gasteiger partial charge in [-0.3, -0.25) is 0 Å². The zero-order valence-electron chi connectivity index (χ0n) is 8.03. The fraction of sp³-hybridized carbons (Fsp3) is 0.556. The molecule has 1 aromatic rings. The molecule has 1 unspecified atom stereocenters. The highest BCUT2D eigenvalue weighted by Gasteiger charge is 2.04. The van der Waals surface area contributed by atoms with Crippen molar-refractivity contribution < 1.29 is 0 Å². The lowest BCUT2D eigenvalue weighted by molar-refractivity contribution is 0.815. The molecule has 0 aliphatic heterocycles. The summed E-state index contributed by atoms with van der Waals surface area (Å²) in [7, 11) is 0. The summed E-state index contributed by atoms with van der Waals surface area (Å²) < 4.78 is 0. The molecule has 4 heteroatoms. The highest BCUT2D eigenvalue weighted by atomic mass is 32.2. The van der Waals surface area contributed by atoms with Crippen molar-refractivity contribution in [1.29, 1.82) is 0 Å². The maximum absolute atomic E-state index is 5.45. The monoisotopic (exact) mass is 197 g/mol. The average molecular weight is 197 g/mol. The number of nitrogens with zero attached hydrogens (tertiary/aromatic N) is 2. The molecule has 0 fully saturated rings. The third kappa shape index (κ3) is 3.74. The second-order valence-electron chi connectivity index (χ2n) is 3.05. The Kier molecular flexibility index (Phi) is 4.18. The van der Waals surface area contributed by atoms with Crippen molar-refractivity contribution in [2.45, 2.75) is 30.7 Å². The molecule has 0 aliphatic carbocycles. The molecule has 0 saturated carbocycles. The van der Waals surface area contributed by atoms with Gasteiger partial charge < -0.3 is 5.73 Å². The zero-order valence-corrected chi connectivity index (χ0v) is 8.84. The average Bonchev–Trinajstić information content (AvgIpc) is 2.09. The van der Waals surface area contributed by atoms with E-state index >= 15 is 0 Å². The molecule has 0 saturated heterocycles. The lowest BCUT2D eigenvalue weighted by Crippen LogP contribution is -2.07. The van der Waals surface area contributed by atoms with E-state index < -0.39 is 0 Å². The third-order valence-electron chi connectivity index (χ3n) is 1.64. The van der Waals surface area contributed by atoms with E-state index in [4.69, 9.17) is 5.73 Å². The Morgan fingerprint density at radius 2 is 2.08 bits per heavy atom. The summed E-state index contributed by atoms with van der Waals surface area (Å²) in [5, 5.41) is 1.33. The lowest BCUT2D eigenvalue weighted by Gasteiger charge is -2.07. The molecule has 0 amide bonds. The van der Waals surface area contributed by atoms with Gasteiger partial charge in [-0.2, -0.15) is 0 Å². The van der Waals surface area contributed by atoms with Gasteiger partial charge >= 0.3 is 0 Å². The van der Waals surface area contributed by atoms with Gasteiger partial charge in [0.1, 0.15) is 0 Å². The van der Waals surface area contributed by atoms with Crippen molar-refractivity contribution in [2.24, 2.45) is 5.73 Å². The second kappa shape index (κ2) is 5.19. The molecule has 3 nitrogen and oxygen atoms in total. The van der Waals surface area contributed by atoms with Gasteiger partial charge in [0.25, 0.3) is 0 Å². The standard InChI is InChI=1S/C9H15N3S/c1-7-5-11-9(12-6-7)13-8(2)3-4-10/h5-6,8H,3-4,10H2,1-2H3. The molecule has 1 atom stereocenters. The van der Waals surface area contributed by atoms with Crippen LogP contribution < -0.4 is 5.73 Å². The van der Waals surface area contributed by atoms with Crippen LogP contribution in [0.4, 0.5) is 0 Å². The van der Waals surface area contributed by atoms with Crippen molar-refractivity contribution in [3.05, 3.63) is 18.0 Å². The van der Waals surface area contributed by atoms with E-state index in [0.717, 1.165) is 23.7 Å². The van der Waals surface area contributed by atoms with E-state index in [1.807, 2.05) is 19.3 Å². The number of aryl methyl sites for hydroxylation is 1. The summed E-state index contributed by atoms with van der Waals surface area (Å²) in [6.45, 7) is 4.85. The summed E-state index contributed by atoms with van der Waals surface area (Å²) in [6.07, 6.45) is 4.68. The first-order valence-electron chi connectivity index (χ1n) is 4.37. The van der Waals surface area contributed by atoms with E-state index in [1.165, 1.54) is 0 Å². The fourth-order valence-electron chi connectivity index (χ4n) is 0.915. The molecule has 2 N–H and O–H groups in total. The quantitative estimate of drug-likeness (QED) is 0.588. The van der Waals surface area contributed by atoms with E-state index in [1.54, 1.807) is 11.8 Å². The molecule has 1 heterocycles. The summed E-state index contributed by atoms with van der Waals surface area (Å²) in [4.78, 5) is 8.42. The van der Waals surface area contributed by atoms with Crippen molar-refractivity contribution in [3.63, 3.8) is 0 Å². The predicted octanol–water partition coefficient (Wildman–Crippen LogP) is 1.61. The Morgan fingerprint density at radius 3 is 2.62 bits per heavy atom. The van der Waals surface area contributed by atoms with Crippen LogP contribution in [0.3, 0.4) is 0 Å². The van der Waals surface area contributed by atoms with E-state index in [0.29, 0.717) is 5.25 Å². The van der Waals surface area contributed by atoms with Crippen LogP contribution in [-0.4, -0.2) is 21.8 Å². The molecule has 0 spiro atoms. The largest absolute Gasteiger partial charge is 0.330 e. The highest BCUT2D eigenvalue weighted by molar-refractivity contribution is 7.99. The second-order valence-corrected chi connectivity index (χ2v) is 4.45.